The van der Waals surface area contributed by atoms with Gasteiger partial charge in [0.1, 0.15) is 0 Å². The third-order valence-corrected chi connectivity index (χ3v) is 3.46. The number of nitrogens with one attached hydrogen (secondary N) is 1. The topological polar surface area (TPSA) is 32.3 Å². The summed E-state index contributed by atoms with van der Waals surface area (Å²) < 4.78 is 0. The minimum absolute atomic E-state index is 0.0739. The maximum atomic E-state index is 12.2. The van der Waals surface area contributed by atoms with Crippen molar-refractivity contribution in [3.63, 3.8) is 0 Å². The third kappa shape index (κ3) is 4.97. The molecule has 0 aliphatic heterocycles. The lowest BCUT2D eigenvalue weighted by Gasteiger charge is -2.28. The summed E-state index contributed by atoms with van der Waals surface area (Å²) in [5.41, 5.74) is 3.63. The van der Waals surface area contributed by atoms with Crippen LogP contribution < -0.4 is 5.32 Å². The van der Waals surface area contributed by atoms with E-state index in [1.807, 2.05) is 34.7 Å². The molecule has 0 unspecified atom stereocenters. The molecule has 0 heterocycles. The summed E-state index contributed by atoms with van der Waals surface area (Å²) in [7, 11) is 1.99. The van der Waals surface area contributed by atoms with E-state index in [1.54, 1.807) is 0 Å². The summed E-state index contributed by atoms with van der Waals surface area (Å²) in [6, 6.07) is 6.31. The maximum absolute atomic E-state index is 12.2. The van der Waals surface area contributed by atoms with Gasteiger partial charge in [0.05, 0.1) is 6.04 Å². The van der Waals surface area contributed by atoms with E-state index in [4.69, 9.17) is 0 Å². The van der Waals surface area contributed by atoms with Crippen molar-refractivity contribution in [2.24, 2.45) is 0 Å². The minimum atomic E-state index is -0.189. The van der Waals surface area contributed by atoms with Gasteiger partial charge in [-0.05, 0) is 59.7 Å². The Morgan fingerprint density at radius 3 is 2.40 bits per heavy atom. The van der Waals surface area contributed by atoms with Crippen LogP contribution in [0.5, 0.6) is 0 Å². The largest absolute Gasteiger partial charge is 0.350 e. The number of rotatable bonds is 4. The first-order valence-electron chi connectivity index (χ1n) is 7.18. The highest BCUT2D eigenvalue weighted by Gasteiger charge is 2.22. The molecule has 1 atom stereocenters. The van der Waals surface area contributed by atoms with E-state index >= 15 is 0 Å². The lowest BCUT2D eigenvalue weighted by molar-refractivity contribution is -0.127. The molecule has 20 heavy (non-hydrogen) atoms. The smallest absolute Gasteiger partial charge is 0.237 e. The van der Waals surface area contributed by atoms with Crippen molar-refractivity contribution in [2.75, 3.05) is 7.05 Å². The van der Waals surface area contributed by atoms with Crippen LogP contribution >= 0.6 is 0 Å². The zero-order valence-corrected chi connectivity index (χ0v) is 13.9. The van der Waals surface area contributed by atoms with Crippen LogP contribution in [0.1, 0.15) is 44.4 Å². The van der Waals surface area contributed by atoms with Gasteiger partial charge in [0, 0.05) is 12.1 Å². The van der Waals surface area contributed by atoms with E-state index in [0.29, 0.717) is 0 Å². The summed E-state index contributed by atoms with van der Waals surface area (Å²) >= 11 is 0. The first kappa shape index (κ1) is 16.7. The SMILES string of the molecule is Cc1ccc(CN(C)[C@H](C)C(=O)NC(C)(C)C)c(C)c1. The average Bonchev–Trinajstić information content (AvgIpc) is 2.29. The molecule has 1 rings (SSSR count). The highest BCUT2D eigenvalue weighted by Crippen LogP contribution is 2.14. The molecular formula is C17H28N2O. The van der Waals surface area contributed by atoms with Gasteiger partial charge in [-0.1, -0.05) is 23.8 Å². The second-order valence-corrected chi connectivity index (χ2v) is 6.76. The van der Waals surface area contributed by atoms with Gasteiger partial charge in [-0.3, -0.25) is 9.69 Å². The Bertz CT molecular complexity index is 474. The van der Waals surface area contributed by atoms with Crippen molar-refractivity contribution in [2.45, 2.75) is 59.7 Å². The summed E-state index contributed by atoms with van der Waals surface area (Å²) in [5.74, 6) is 0.0739. The molecule has 0 aliphatic rings. The predicted octanol–water partition coefficient (Wildman–Crippen LogP) is 3.04. The standard InChI is InChI=1S/C17H28N2O/c1-12-8-9-15(13(2)10-12)11-19(7)14(3)16(20)18-17(4,5)6/h8-10,14H,11H2,1-7H3,(H,18,20)/t14-/m1/s1. The fourth-order valence-corrected chi connectivity index (χ4v) is 2.10. The number of nitrogens with zero attached hydrogens (tertiary/aromatic N) is 1. The lowest BCUT2D eigenvalue weighted by atomic mass is 10.0. The molecule has 1 amide bonds. The van der Waals surface area contributed by atoms with Gasteiger partial charge in [-0.15, -0.1) is 0 Å². The lowest BCUT2D eigenvalue weighted by Crippen LogP contribution is -2.49. The number of benzene rings is 1. The molecule has 112 valence electrons. The van der Waals surface area contributed by atoms with E-state index in [0.717, 1.165) is 6.54 Å². The molecule has 0 bridgehead atoms. The maximum Gasteiger partial charge on any atom is 0.237 e. The van der Waals surface area contributed by atoms with E-state index < -0.39 is 0 Å². The Morgan fingerprint density at radius 2 is 1.90 bits per heavy atom. The molecule has 1 aromatic carbocycles. The number of hydrogen-bond acceptors (Lipinski definition) is 2. The summed E-state index contributed by atoms with van der Waals surface area (Å²) in [6.07, 6.45) is 0. The van der Waals surface area contributed by atoms with Crippen LogP contribution in [0.3, 0.4) is 0 Å². The summed E-state index contributed by atoms with van der Waals surface area (Å²) in [5, 5.41) is 3.03. The molecule has 0 aromatic heterocycles. The van der Waals surface area contributed by atoms with E-state index in [2.05, 4.69) is 42.3 Å². The second kappa shape index (κ2) is 6.40. The van der Waals surface area contributed by atoms with Crippen molar-refractivity contribution < 1.29 is 4.79 Å². The predicted molar refractivity (Wildman–Crippen MR) is 84.7 cm³/mol. The number of amides is 1. The zero-order chi connectivity index (χ0) is 15.5. The summed E-state index contributed by atoms with van der Waals surface area (Å²) in [4.78, 5) is 14.3. The third-order valence-electron chi connectivity index (χ3n) is 3.46. The molecule has 3 nitrogen and oxygen atoms in total. The highest BCUT2D eigenvalue weighted by molar-refractivity contribution is 5.81. The molecule has 0 radical (unpaired) electrons. The zero-order valence-electron chi connectivity index (χ0n) is 13.9. The second-order valence-electron chi connectivity index (χ2n) is 6.76. The minimum Gasteiger partial charge on any atom is -0.350 e. The fraction of sp³-hybridized carbons (Fsp3) is 0.588. The molecular weight excluding hydrogens is 248 g/mol. The van der Waals surface area contributed by atoms with E-state index in [9.17, 15) is 4.79 Å². The molecule has 0 fully saturated rings. The van der Waals surface area contributed by atoms with Crippen LogP contribution in [0.25, 0.3) is 0 Å². The quantitative estimate of drug-likeness (QED) is 0.916. The van der Waals surface area contributed by atoms with Gasteiger partial charge < -0.3 is 5.32 Å². The first-order chi connectivity index (χ1) is 9.10. The number of carbonyl (C=O) groups is 1. The fourth-order valence-electron chi connectivity index (χ4n) is 2.10. The highest BCUT2D eigenvalue weighted by atomic mass is 16.2. The van der Waals surface area contributed by atoms with E-state index in [-0.39, 0.29) is 17.5 Å². The number of hydrogen-bond donors (Lipinski definition) is 1. The van der Waals surface area contributed by atoms with Gasteiger partial charge in [-0.25, -0.2) is 0 Å². The molecule has 1 aromatic rings. The first-order valence-corrected chi connectivity index (χ1v) is 7.18. The van der Waals surface area contributed by atoms with Crippen molar-refractivity contribution in [3.05, 3.63) is 34.9 Å². The Morgan fingerprint density at radius 1 is 1.30 bits per heavy atom. The van der Waals surface area contributed by atoms with Crippen LogP contribution in [0.15, 0.2) is 18.2 Å². The number of likely N-dealkylation sites (N-methyl/N-ethyl adjacent to an activating group) is 1. The molecule has 0 spiro atoms. The Labute approximate surface area is 123 Å². The van der Waals surface area contributed by atoms with Crippen molar-refractivity contribution >= 4 is 5.91 Å². The molecule has 3 heteroatoms. The molecule has 0 saturated heterocycles. The van der Waals surface area contributed by atoms with Crippen molar-refractivity contribution in [1.82, 2.24) is 10.2 Å². The van der Waals surface area contributed by atoms with Crippen molar-refractivity contribution in [1.29, 1.82) is 0 Å². The van der Waals surface area contributed by atoms with Crippen LogP contribution in [-0.2, 0) is 11.3 Å². The van der Waals surface area contributed by atoms with Crippen LogP contribution in [0.4, 0.5) is 0 Å². The van der Waals surface area contributed by atoms with Crippen molar-refractivity contribution in [3.8, 4) is 0 Å². The molecule has 0 saturated carbocycles. The monoisotopic (exact) mass is 276 g/mol. The Hall–Kier alpha value is -1.35. The van der Waals surface area contributed by atoms with Crippen LogP contribution in [0.2, 0.25) is 0 Å². The Balaban J connectivity index is 2.70. The Kier molecular flexibility index (Phi) is 5.35. The van der Waals surface area contributed by atoms with Crippen LogP contribution in [-0.4, -0.2) is 29.4 Å². The van der Waals surface area contributed by atoms with E-state index in [1.165, 1.54) is 16.7 Å². The van der Waals surface area contributed by atoms with Gasteiger partial charge in [0.2, 0.25) is 5.91 Å². The van der Waals surface area contributed by atoms with Crippen LogP contribution in [0, 0.1) is 13.8 Å². The average molecular weight is 276 g/mol. The molecule has 1 N–H and O–H groups in total. The number of aryl methyl sites for hydroxylation is 2. The number of carbonyl (C=O) groups excluding carboxylic acids is 1. The molecule has 0 aliphatic carbocycles. The van der Waals surface area contributed by atoms with Gasteiger partial charge in [0.15, 0.2) is 0 Å². The van der Waals surface area contributed by atoms with Gasteiger partial charge >= 0.3 is 0 Å². The van der Waals surface area contributed by atoms with Gasteiger partial charge in [0.25, 0.3) is 0 Å². The summed E-state index contributed by atoms with van der Waals surface area (Å²) in [6.45, 7) is 13.0. The van der Waals surface area contributed by atoms with Gasteiger partial charge in [-0.2, -0.15) is 0 Å². The normalized spacial score (nSPS) is 13.4.